The number of nitrogens with zero attached hydrogens (tertiary/aromatic N) is 3. The van der Waals surface area contributed by atoms with Gasteiger partial charge in [0.1, 0.15) is 5.70 Å². The van der Waals surface area contributed by atoms with Crippen molar-refractivity contribution in [1.82, 2.24) is 4.98 Å². The van der Waals surface area contributed by atoms with E-state index >= 15 is 0 Å². The number of aliphatic imine (C=N–C) groups is 1. The van der Waals surface area contributed by atoms with E-state index in [-0.39, 0.29) is 5.91 Å². The van der Waals surface area contributed by atoms with Gasteiger partial charge in [-0.1, -0.05) is 66.4 Å². The zero-order chi connectivity index (χ0) is 18.5. The van der Waals surface area contributed by atoms with E-state index in [2.05, 4.69) is 22.1 Å². The zero-order valence-corrected chi connectivity index (χ0v) is 15.3. The van der Waals surface area contributed by atoms with Gasteiger partial charge < -0.3 is 0 Å². The van der Waals surface area contributed by atoms with E-state index in [1.165, 1.54) is 5.56 Å². The highest BCUT2D eigenvalue weighted by molar-refractivity contribution is 8.13. The average Bonchev–Trinajstić information content (AvgIpc) is 3.04. The number of rotatable bonds is 4. The summed E-state index contributed by atoms with van der Waals surface area (Å²) in [5.41, 5.74) is 3.28. The molecule has 2 aromatic carbocycles. The minimum Gasteiger partial charge on any atom is -0.266 e. The molecule has 0 bridgehead atoms. The maximum atomic E-state index is 13.0. The summed E-state index contributed by atoms with van der Waals surface area (Å²) in [4.78, 5) is 23.4. The molecular formula is C22H17N3OS. The van der Waals surface area contributed by atoms with Gasteiger partial charge in [0.25, 0.3) is 5.91 Å². The Kier molecular flexibility index (Phi) is 5.12. The summed E-state index contributed by atoms with van der Waals surface area (Å²) in [6.07, 6.45) is 5.21. The zero-order valence-electron chi connectivity index (χ0n) is 14.5. The Morgan fingerprint density at radius 3 is 2.37 bits per heavy atom. The second-order valence-corrected chi connectivity index (χ2v) is 6.90. The fourth-order valence-corrected chi connectivity index (χ4v) is 3.71. The lowest BCUT2D eigenvalue weighted by Gasteiger charge is -2.17. The molecule has 4 nitrogen and oxygen atoms in total. The van der Waals surface area contributed by atoms with Crippen molar-refractivity contribution in [2.75, 3.05) is 4.90 Å². The molecule has 1 amide bonds. The second-order valence-electron chi connectivity index (χ2n) is 5.96. The molecule has 0 spiro atoms. The summed E-state index contributed by atoms with van der Waals surface area (Å²) in [6.45, 7) is 0. The van der Waals surface area contributed by atoms with Gasteiger partial charge in [0.05, 0.1) is 5.69 Å². The molecule has 5 heteroatoms. The smallest absolute Gasteiger partial charge is 0.266 e. The maximum Gasteiger partial charge on any atom is 0.283 e. The summed E-state index contributed by atoms with van der Waals surface area (Å²) in [5, 5.41) is 0.685. The van der Waals surface area contributed by atoms with Crippen LogP contribution in [0.4, 0.5) is 5.69 Å². The lowest BCUT2D eigenvalue weighted by atomic mass is 10.2. The quantitative estimate of drug-likeness (QED) is 0.621. The number of benzene rings is 2. The Balaban J connectivity index is 1.65. The SMILES string of the molecule is O=C1/C(=C\c2cccnc2)N=C(SCc2ccccc2)N1c1ccccc1. The molecule has 27 heavy (non-hydrogen) atoms. The molecule has 0 N–H and O–H groups in total. The van der Waals surface area contributed by atoms with Gasteiger partial charge in [0, 0.05) is 18.1 Å². The van der Waals surface area contributed by atoms with Crippen LogP contribution in [0.2, 0.25) is 0 Å². The minimum atomic E-state index is -0.124. The number of aromatic nitrogens is 1. The van der Waals surface area contributed by atoms with Crippen molar-refractivity contribution in [3.8, 4) is 0 Å². The molecule has 1 aliphatic rings. The van der Waals surface area contributed by atoms with Crippen molar-refractivity contribution in [2.24, 2.45) is 4.99 Å². The average molecular weight is 371 g/mol. The van der Waals surface area contributed by atoms with Crippen molar-refractivity contribution in [3.05, 3.63) is 102 Å². The molecule has 132 valence electrons. The van der Waals surface area contributed by atoms with Crippen molar-refractivity contribution in [2.45, 2.75) is 5.75 Å². The lowest BCUT2D eigenvalue weighted by Crippen LogP contribution is -2.30. The largest absolute Gasteiger partial charge is 0.283 e. The molecule has 0 aliphatic carbocycles. The monoisotopic (exact) mass is 371 g/mol. The second kappa shape index (κ2) is 8.01. The molecule has 0 radical (unpaired) electrons. The van der Waals surface area contributed by atoms with Crippen molar-refractivity contribution < 1.29 is 4.79 Å². The first-order chi connectivity index (χ1) is 13.3. The van der Waals surface area contributed by atoms with Gasteiger partial charge in [-0.15, -0.1) is 0 Å². The number of carbonyl (C=O) groups excluding carboxylic acids is 1. The third kappa shape index (κ3) is 3.99. The molecule has 0 saturated heterocycles. The van der Waals surface area contributed by atoms with Gasteiger partial charge in [0.15, 0.2) is 5.17 Å². The summed E-state index contributed by atoms with van der Waals surface area (Å²) in [6, 6.07) is 23.5. The van der Waals surface area contributed by atoms with E-state index in [0.29, 0.717) is 10.9 Å². The van der Waals surface area contributed by atoms with Crippen LogP contribution in [0.1, 0.15) is 11.1 Å². The minimum absolute atomic E-state index is 0.124. The topological polar surface area (TPSA) is 45.6 Å². The normalized spacial score (nSPS) is 15.3. The predicted molar refractivity (Wildman–Crippen MR) is 111 cm³/mol. The number of thioether (sulfide) groups is 1. The number of amides is 1. The highest BCUT2D eigenvalue weighted by Crippen LogP contribution is 2.30. The summed E-state index contributed by atoms with van der Waals surface area (Å²) in [5.74, 6) is 0.622. The standard InChI is InChI=1S/C22H17N3OS/c26-21-20(14-18-10-7-13-23-15-18)24-22(25(21)19-11-5-2-6-12-19)27-16-17-8-3-1-4-9-17/h1-15H,16H2/b20-14+. The van der Waals surface area contributed by atoms with E-state index in [1.54, 1.807) is 35.1 Å². The Bertz CT molecular complexity index is 986. The summed E-state index contributed by atoms with van der Waals surface area (Å²) < 4.78 is 0. The fraction of sp³-hybridized carbons (Fsp3) is 0.0455. The molecular weight excluding hydrogens is 354 g/mol. The number of anilines is 1. The van der Waals surface area contributed by atoms with Gasteiger partial charge in [-0.25, -0.2) is 4.99 Å². The molecule has 1 aromatic heterocycles. The van der Waals surface area contributed by atoms with Gasteiger partial charge in [-0.05, 0) is 35.4 Å². The first kappa shape index (κ1) is 17.2. The summed E-state index contributed by atoms with van der Waals surface area (Å²) >= 11 is 1.56. The molecule has 4 rings (SSSR count). The molecule has 2 heterocycles. The number of carbonyl (C=O) groups is 1. The fourth-order valence-electron chi connectivity index (χ4n) is 2.74. The molecule has 0 unspecified atom stereocenters. The number of pyridine rings is 1. The molecule has 3 aromatic rings. The highest BCUT2D eigenvalue weighted by Gasteiger charge is 2.31. The van der Waals surface area contributed by atoms with Crippen LogP contribution in [-0.4, -0.2) is 16.1 Å². The Labute approximate surface area is 162 Å². The van der Waals surface area contributed by atoms with Gasteiger partial charge in [-0.3, -0.25) is 14.7 Å². The Morgan fingerprint density at radius 2 is 1.67 bits per heavy atom. The highest BCUT2D eigenvalue weighted by atomic mass is 32.2. The third-order valence-electron chi connectivity index (χ3n) is 4.04. The van der Waals surface area contributed by atoms with Crippen molar-refractivity contribution >= 4 is 34.6 Å². The maximum absolute atomic E-state index is 13.0. The third-order valence-corrected chi connectivity index (χ3v) is 5.05. The number of para-hydroxylation sites is 1. The van der Waals surface area contributed by atoms with Crippen molar-refractivity contribution in [1.29, 1.82) is 0 Å². The van der Waals surface area contributed by atoms with E-state index in [9.17, 15) is 4.79 Å². The van der Waals surface area contributed by atoms with Crippen LogP contribution in [0.5, 0.6) is 0 Å². The molecule has 0 fully saturated rings. The van der Waals surface area contributed by atoms with Crippen LogP contribution >= 0.6 is 11.8 Å². The lowest BCUT2D eigenvalue weighted by molar-refractivity contribution is -0.113. The van der Waals surface area contributed by atoms with E-state index in [0.717, 1.165) is 17.0 Å². The van der Waals surface area contributed by atoms with E-state index in [1.807, 2.05) is 60.7 Å². The number of amidine groups is 1. The summed E-state index contributed by atoms with van der Waals surface area (Å²) in [7, 11) is 0. The van der Waals surface area contributed by atoms with Crippen LogP contribution in [0, 0.1) is 0 Å². The van der Waals surface area contributed by atoms with Crippen LogP contribution in [0.25, 0.3) is 6.08 Å². The van der Waals surface area contributed by atoms with Crippen LogP contribution < -0.4 is 4.90 Å². The van der Waals surface area contributed by atoms with E-state index < -0.39 is 0 Å². The van der Waals surface area contributed by atoms with Crippen LogP contribution in [0.15, 0.2) is 95.9 Å². The van der Waals surface area contributed by atoms with Gasteiger partial charge in [0.2, 0.25) is 0 Å². The van der Waals surface area contributed by atoms with Crippen LogP contribution in [-0.2, 0) is 10.5 Å². The molecule has 1 aliphatic heterocycles. The first-order valence-corrected chi connectivity index (χ1v) is 9.56. The van der Waals surface area contributed by atoms with Crippen molar-refractivity contribution in [3.63, 3.8) is 0 Å². The first-order valence-electron chi connectivity index (χ1n) is 8.58. The number of hydrogen-bond donors (Lipinski definition) is 0. The van der Waals surface area contributed by atoms with Gasteiger partial charge >= 0.3 is 0 Å². The number of hydrogen-bond acceptors (Lipinski definition) is 4. The van der Waals surface area contributed by atoms with Crippen LogP contribution in [0.3, 0.4) is 0 Å². The molecule has 0 saturated carbocycles. The predicted octanol–water partition coefficient (Wildman–Crippen LogP) is 4.76. The Morgan fingerprint density at radius 1 is 0.926 bits per heavy atom. The van der Waals surface area contributed by atoms with E-state index in [4.69, 9.17) is 0 Å². The molecule has 0 atom stereocenters. The van der Waals surface area contributed by atoms with Gasteiger partial charge in [-0.2, -0.15) is 0 Å². The Hall–Kier alpha value is -3.18.